The lowest BCUT2D eigenvalue weighted by atomic mass is 10.1. The summed E-state index contributed by atoms with van der Waals surface area (Å²) in [4.78, 5) is 2.67. The Hall–Kier alpha value is -0.950. The van der Waals surface area contributed by atoms with E-state index in [1.54, 1.807) is 10.4 Å². The summed E-state index contributed by atoms with van der Waals surface area (Å²) in [6.45, 7) is 4.10. The van der Waals surface area contributed by atoms with Crippen molar-refractivity contribution in [2.75, 3.05) is 39.3 Å². The molecule has 2 aliphatic rings. The molecule has 21 heavy (non-hydrogen) atoms. The van der Waals surface area contributed by atoms with E-state index in [-0.39, 0.29) is 0 Å². The van der Waals surface area contributed by atoms with E-state index in [0.717, 1.165) is 38.9 Å². The van der Waals surface area contributed by atoms with Crippen LogP contribution >= 0.6 is 0 Å². The molecule has 0 bridgehead atoms. The Morgan fingerprint density at radius 2 is 1.76 bits per heavy atom. The first-order chi connectivity index (χ1) is 10.1. The fourth-order valence-electron chi connectivity index (χ4n) is 3.23. The zero-order valence-corrected chi connectivity index (χ0v) is 13.1. The van der Waals surface area contributed by atoms with Gasteiger partial charge < -0.3 is 5.73 Å². The zero-order chi connectivity index (χ0) is 14.9. The van der Waals surface area contributed by atoms with Gasteiger partial charge in [-0.05, 0) is 42.5 Å². The Bertz CT molecular complexity index is 607. The minimum atomic E-state index is -3.35. The minimum Gasteiger partial charge on any atom is -0.329 e. The van der Waals surface area contributed by atoms with Crippen LogP contribution in [0.1, 0.15) is 17.5 Å². The number of nitrogens with two attached hydrogens (primary N) is 1. The van der Waals surface area contributed by atoms with Crippen molar-refractivity contribution < 1.29 is 8.42 Å². The Balaban J connectivity index is 1.75. The molecule has 0 radical (unpaired) electrons. The molecule has 1 aromatic carbocycles. The van der Waals surface area contributed by atoms with Crippen LogP contribution in [0.4, 0.5) is 0 Å². The predicted molar refractivity (Wildman–Crippen MR) is 82.7 cm³/mol. The SMILES string of the molecule is NCCN1CCN(S(=O)(=O)c2ccc3c(c2)CCC3)CC1. The van der Waals surface area contributed by atoms with Crippen LogP contribution in [-0.2, 0) is 22.9 Å². The van der Waals surface area contributed by atoms with Crippen LogP contribution in [-0.4, -0.2) is 56.9 Å². The number of piperazine rings is 1. The molecule has 116 valence electrons. The summed E-state index contributed by atoms with van der Waals surface area (Å²) in [6.07, 6.45) is 3.22. The molecule has 0 aromatic heterocycles. The number of nitrogens with zero attached hydrogens (tertiary/aromatic N) is 2. The van der Waals surface area contributed by atoms with Crippen LogP contribution < -0.4 is 5.73 Å². The van der Waals surface area contributed by atoms with E-state index < -0.39 is 10.0 Å². The molecule has 0 atom stereocenters. The number of sulfonamides is 1. The van der Waals surface area contributed by atoms with Crippen molar-refractivity contribution in [2.24, 2.45) is 5.73 Å². The topological polar surface area (TPSA) is 66.6 Å². The Morgan fingerprint density at radius 3 is 2.48 bits per heavy atom. The number of fused-ring (bicyclic) bond motifs is 1. The molecule has 6 heteroatoms. The molecule has 1 aliphatic carbocycles. The maximum absolute atomic E-state index is 12.7. The second-order valence-electron chi connectivity index (χ2n) is 5.82. The van der Waals surface area contributed by atoms with Crippen LogP contribution in [0.2, 0.25) is 0 Å². The second-order valence-corrected chi connectivity index (χ2v) is 7.76. The number of hydrogen-bond acceptors (Lipinski definition) is 4. The maximum atomic E-state index is 12.7. The van der Waals surface area contributed by atoms with E-state index in [4.69, 9.17) is 5.73 Å². The second kappa shape index (κ2) is 6.04. The van der Waals surface area contributed by atoms with Gasteiger partial charge in [0.2, 0.25) is 10.0 Å². The fraction of sp³-hybridized carbons (Fsp3) is 0.600. The summed E-state index contributed by atoms with van der Waals surface area (Å²) in [5.74, 6) is 0. The zero-order valence-electron chi connectivity index (χ0n) is 12.3. The van der Waals surface area contributed by atoms with Gasteiger partial charge in [0.05, 0.1) is 4.90 Å². The first-order valence-electron chi connectivity index (χ1n) is 7.65. The van der Waals surface area contributed by atoms with Crippen LogP contribution in [0.25, 0.3) is 0 Å². The molecule has 1 heterocycles. The summed E-state index contributed by atoms with van der Waals surface area (Å²) in [5.41, 5.74) is 8.06. The van der Waals surface area contributed by atoms with Crippen molar-refractivity contribution in [3.05, 3.63) is 29.3 Å². The number of hydrogen-bond donors (Lipinski definition) is 1. The lowest BCUT2D eigenvalue weighted by molar-refractivity contribution is 0.192. The molecular weight excluding hydrogens is 286 g/mol. The standard InChI is InChI=1S/C15H23N3O2S/c16-6-7-17-8-10-18(11-9-17)21(19,20)15-5-4-13-2-1-3-14(13)12-15/h4-5,12H,1-3,6-11,16H2. The molecule has 1 aromatic rings. The van der Waals surface area contributed by atoms with Crippen LogP contribution in [0, 0.1) is 0 Å². The van der Waals surface area contributed by atoms with Gasteiger partial charge in [-0.15, -0.1) is 0 Å². The third kappa shape index (κ3) is 2.99. The van der Waals surface area contributed by atoms with Gasteiger partial charge in [-0.2, -0.15) is 4.31 Å². The Morgan fingerprint density at radius 1 is 1.05 bits per heavy atom. The Kier molecular flexibility index (Phi) is 4.31. The highest BCUT2D eigenvalue weighted by molar-refractivity contribution is 7.89. The van der Waals surface area contributed by atoms with Gasteiger partial charge in [0.15, 0.2) is 0 Å². The molecular formula is C15H23N3O2S. The highest BCUT2D eigenvalue weighted by Gasteiger charge is 2.29. The lowest BCUT2D eigenvalue weighted by Gasteiger charge is -2.33. The molecule has 2 N–H and O–H groups in total. The van der Waals surface area contributed by atoms with Crippen molar-refractivity contribution in [1.82, 2.24) is 9.21 Å². The van der Waals surface area contributed by atoms with E-state index in [1.165, 1.54) is 11.1 Å². The summed E-state index contributed by atoms with van der Waals surface area (Å²) in [6, 6.07) is 5.63. The molecule has 0 spiro atoms. The van der Waals surface area contributed by atoms with Gasteiger partial charge in [-0.3, -0.25) is 4.90 Å². The van der Waals surface area contributed by atoms with Gasteiger partial charge >= 0.3 is 0 Å². The summed E-state index contributed by atoms with van der Waals surface area (Å²) >= 11 is 0. The third-order valence-corrected chi connectivity index (χ3v) is 6.38. The average Bonchev–Trinajstić information content (AvgIpc) is 2.95. The summed E-state index contributed by atoms with van der Waals surface area (Å²) < 4.78 is 27.1. The third-order valence-electron chi connectivity index (χ3n) is 4.48. The molecule has 1 fully saturated rings. The fourth-order valence-corrected chi connectivity index (χ4v) is 4.71. The molecule has 5 nitrogen and oxygen atoms in total. The smallest absolute Gasteiger partial charge is 0.243 e. The summed E-state index contributed by atoms with van der Waals surface area (Å²) in [5, 5.41) is 0. The molecule has 1 aliphatic heterocycles. The lowest BCUT2D eigenvalue weighted by Crippen LogP contribution is -2.49. The average molecular weight is 309 g/mol. The highest BCUT2D eigenvalue weighted by Crippen LogP contribution is 2.26. The van der Waals surface area contributed by atoms with E-state index >= 15 is 0 Å². The Labute approximate surface area is 126 Å². The van der Waals surface area contributed by atoms with Crippen LogP contribution in [0.3, 0.4) is 0 Å². The number of aryl methyl sites for hydroxylation is 2. The highest BCUT2D eigenvalue weighted by atomic mass is 32.2. The van der Waals surface area contributed by atoms with Crippen molar-refractivity contribution in [2.45, 2.75) is 24.2 Å². The van der Waals surface area contributed by atoms with Crippen molar-refractivity contribution >= 4 is 10.0 Å². The van der Waals surface area contributed by atoms with Gasteiger partial charge in [-0.1, -0.05) is 6.07 Å². The minimum absolute atomic E-state index is 0.454. The quantitative estimate of drug-likeness (QED) is 0.876. The van der Waals surface area contributed by atoms with Crippen molar-refractivity contribution in [3.8, 4) is 0 Å². The van der Waals surface area contributed by atoms with Crippen molar-refractivity contribution in [1.29, 1.82) is 0 Å². The van der Waals surface area contributed by atoms with Crippen LogP contribution in [0.5, 0.6) is 0 Å². The van der Waals surface area contributed by atoms with E-state index in [1.807, 2.05) is 12.1 Å². The monoisotopic (exact) mass is 309 g/mol. The predicted octanol–water partition coefficient (Wildman–Crippen LogP) is 0.440. The van der Waals surface area contributed by atoms with Crippen molar-refractivity contribution in [3.63, 3.8) is 0 Å². The summed E-state index contributed by atoms with van der Waals surface area (Å²) in [7, 11) is -3.35. The van der Waals surface area contributed by atoms with Gasteiger partial charge in [0, 0.05) is 39.3 Å². The first kappa shape index (κ1) is 15.0. The number of benzene rings is 1. The van der Waals surface area contributed by atoms with Gasteiger partial charge in [-0.25, -0.2) is 8.42 Å². The molecule has 3 rings (SSSR count). The first-order valence-corrected chi connectivity index (χ1v) is 9.09. The molecule has 0 amide bonds. The maximum Gasteiger partial charge on any atom is 0.243 e. The van der Waals surface area contributed by atoms with E-state index in [2.05, 4.69) is 4.90 Å². The van der Waals surface area contributed by atoms with Gasteiger partial charge in [0.1, 0.15) is 0 Å². The largest absolute Gasteiger partial charge is 0.329 e. The molecule has 1 saturated heterocycles. The van der Waals surface area contributed by atoms with Crippen LogP contribution in [0.15, 0.2) is 23.1 Å². The van der Waals surface area contributed by atoms with Gasteiger partial charge in [0.25, 0.3) is 0 Å². The normalized spacial score (nSPS) is 20.6. The van der Waals surface area contributed by atoms with E-state index in [0.29, 0.717) is 24.5 Å². The number of rotatable bonds is 4. The molecule has 0 unspecified atom stereocenters. The molecule has 0 saturated carbocycles. The van der Waals surface area contributed by atoms with E-state index in [9.17, 15) is 8.42 Å².